The van der Waals surface area contributed by atoms with E-state index in [-0.39, 0.29) is 0 Å². The lowest BCUT2D eigenvalue weighted by Gasteiger charge is -2.39. The fraction of sp³-hybridized carbons (Fsp3) is 0.0769. The summed E-state index contributed by atoms with van der Waals surface area (Å²) in [6.45, 7) is 6.20. The van der Waals surface area contributed by atoms with Crippen LogP contribution >= 0.6 is 0 Å². The molecular weight excluding hydrogens is 328 g/mol. The molecule has 3 aromatic carbocycles. The summed E-state index contributed by atoms with van der Waals surface area (Å²) in [6.07, 6.45) is 6.02. The predicted molar refractivity (Wildman–Crippen MR) is 111 cm³/mol. The number of para-hydroxylation sites is 1. The van der Waals surface area contributed by atoms with E-state index in [2.05, 4.69) is 73.3 Å². The lowest BCUT2D eigenvalue weighted by atomic mass is 9.65. The van der Waals surface area contributed by atoms with Gasteiger partial charge in [-0.15, -0.1) is 0 Å². The van der Waals surface area contributed by atoms with Crippen LogP contribution in [0.15, 0.2) is 109 Å². The molecule has 0 atom stereocenters. The third-order valence-corrected chi connectivity index (χ3v) is 5.65. The zero-order chi connectivity index (χ0) is 18.4. The van der Waals surface area contributed by atoms with Gasteiger partial charge in [0.1, 0.15) is 11.5 Å². The van der Waals surface area contributed by atoms with Gasteiger partial charge in [-0.3, -0.25) is 0 Å². The molecule has 1 aliphatic heterocycles. The highest BCUT2D eigenvalue weighted by Crippen LogP contribution is 2.60. The molecule has 1 nitrogen and oxygen atoms in total. The molecule has 0 amide bonds. The van der Waals surface area contributed by atoms with Gasteiger partial charge in [-0.05, 0) is 41.3 Å². The minimum atomic E-state index is -0.404. The number of allylic oxidation sites excluding steroid dienone is 4. The molecule has 2 aliphatic rings. The highest BCUT2D eigenvalue weighted by Gasteiger charge is 2.50. The summed E-state index contributed by atoms with van der Waals surface area (Å²) in [5.41, 5.74) is 7.01. The highest BCUT2D eigenvalue weighted by molar-refractivity contribution is 5.88. The van der Waals surface area contributed by atoms with Crippen LogP contribution in [0.5, 0.6) is 5.75 Å². The van der Waals surface area contributed by atoms with Crippen molar-refractivity contribution in [3.05, 3.63) is 126 Å². The van der Waals surface area contributed by atoms with Gasteiger partial charge in [0.05, 0.1) is 5.41 Å². The molecule has 1 spiro atoms. The molecule has 1 heterocycles. The molecule has 0 unspecified atom stereocenters. The number of fused-ring (bicyclic) bond motifs is 7. The van der Waals surface area contributed by atoms with Crippen LogP contribution in [0.1, 0.15) is 23.6 Å². The Labute approximate surface area is 159 Å². The minimum absolute atomic E-state index is 0.404. The first-order valence-electron chi connectivity index (χ1n) is 9.29. The van der Waals surface area contributed by atoms with Gasteiger partial charge in [0.25, 0.3) is 0 Å². The number of rotatable bonds is 2. The van der Waals surface area contributed by atoms with Gasteiger partial charge >= 0.3 is 0 Å². The lowest BCUT2D eigenvalue weighted by molar-refractivity contribution is 0.403. The second-order valence-corrected chi connectivity index (χ2v) is 6.92. The maximum absolute atomic E-state index is 6.31. The van der Waals surface area contributed by atoms with E-state index in [0.29, 0.717) is 0 Å². The standard InChI is InChI=1S/C26H20O/c1-3-11-24-20(4-2)26(23-16-9-10-17-25(23)27-24)21-14-7-5-12-18(21)19-13-6-8-15-22(19)26/h3-17H,2H2,1H3/b11-3-. The summed E-state index contributed by atoms with van der Waals surface area (Å²) in [5.74, 6) is 1.76. The van der Waals surface area contributed by atoms with E-state index in [9.17, 15) is 0 Å². The van der Waals surface area contributed by atoms with Crippen molar-refractivity contribution in [2.24, 2.45) is 0 Å². The number of hydrogen-bond donors (Lipinski definition) is 0. The first kappa shape index (κ1) is 15.9. The van der Waals surface area contributed by atoms with Gasteiger partial charge in [0.2, 0.25) is 0 Å². The monoisotopic (exact) mass is 348 g/mol. The molecule has 0 saturated carbocycles. The van der Waals surface area contributed by atoms with Crippen molar-refractivity contribution in [3.8, 4) is 16.9 Å². The molecule has 0 aromatic heterocycles. The number of hydrogen-bond acceptors (Lipinski definition) is 1. The van der Waals surface area contributed by atoms with Gasteiger partial charge < -0.3 is 4.74 Å². The Balaban J connectivity index is 2.02. The third-order valence-electron chi connectivity index (χ3n) is 5.65. The molecule has 1 aliphatic carbocycles. The molecule has 0 bridgehead atoms. The molecular formula is C26H20O. The smallest absolute Gasteiger partial charge is 0.132 e. The Bertz CT molecular complexity index is 1080. The molecule has 0 fully saturated rings. The average Bonchev–Trinajstić information content (AvgIpc) is 3.00. The summed E-state index contributed by atoms with van der Waals surface area (Å²) in [7, 11) is 0. The summed E-state index contributed by atoms with van der Waals surface area (Å²) in [6, 6.07) is 25.8. The molecule has 27 heavy (non-hydrogen) atoms. The Hall–Kier alpha value is -3.32. The van der Waals surface area contributed by atoms with Crippen LogP contribution in [0.4, 0.5) is 0 Å². The third kappa shape index (κ3) is 1.94. The Morgan fingerprint density at radius 1 is 0.778 bits per heavy atom. The fourth-order valence-electron chi connectivity index (χ4n) is 4.71. The first-order valence-corrected chi connectivity index (χ1v) is 9.29. The molecule has 3 aromatic rings. The van der Waals surface area contributed by atoms with Gasteiger partial charge in [-0.2, -0.15) is 0 Å². The molecule has 5 rings (SSSR count). The Kier molecular flexibility index (Phi) is 3.45. The number of benzene rings is 3. The van der Waals surface area contributed by atoms with Gasteiger partial charge in [0, 0.05) is 11.1 Å². The lowest BCUT2D eigenvalue weighted by Crippen LogP contribution is -2.33. The van der Waals surface area contributed by atoms with Crippen molar-refractivity contribution < 1.29 is 4.74 Å². The van der Waals surface area contributed by atoms with Crippen molar-refractivity contribution in [1.82, 2.24) is 0 Å². The van der Waals surface area contributed by atoms with Crippen LogP contribution in [0.25, 0.3) is 11.1 Å². The molecule has 1 heteroatoms. The maximum atomic E-state index is 6.31. The largest absolute Gasteiger partial charge is 0.457 e. The molecule has 130 valence electrons. The maximum Gasteiger partial charge on any atom is 0.132 e. The average molecular weight is 348 g/mol. The van der Waals surface area contributed by atoms with Crippen LogP contribution in [-0.4, -0.2) is 0 Å². The Morgan fingerprint density at radius 2 is 1.33 bits per heavy atom. The van der Waals surface area contributed by atoms with Crippen molar-refractivity contribution >= 4 is 0 Å². The zero-order valence-electron chi connectivity index (χ0n) is 15.3. The number of ether oxygens (including phenoxy) is 1. The van der Waals surface area contributed by atoms with Crippen molar-refractivity contribution in [2.45, 2.75) is 12.3 Å². The van der Waals surface area contributed by atoms with E-state index in [1.165, 1.54) is 27.8 Å². The van der Waals surface area contributed by atoms with Crippen LogP contribution in [0.3, 0.4) is 0 Å². The van der Waals surface area contributed by atoms with Gasteiger partial charge in [-0.25, -0.2) is 0 Å². The fourth-order valence-corrected chi connectivity index (χ4v) is 4.71. The molecule has 0 radical (unpaired) electrons. The second kappa shape index (κ2) is 5.85. The second-order valence-electron chi connectivity index (χ2n) is 6.92. The minimum Gasteiger partial charge on any atom is -0.457 e. The normalized spacial score (nSPS) is 16.0. The van der Waals surface area contributed by atoms with Gasteiger partial charge in [-0.1, -0.05) is 85.5 Å². The van der Waals surface area contributed by atoms with Crippen LogP contribution in [0.2, 0.25) is 0 Å². The van der Waals surface area contributed by atoms with E-state index in [4.69, 9.17) is 4.74 Å². The van der Waals surface area contributed by atoms with E-state index in [1.807, 2.05) is 31.2 Å². The van der Waals surface area contributed by atoms with Crippen molar-refractivity contribution in [2.75, 3.05) is 0 Å². The van der Waals surface area contributed by atoms with Crippen molar-refractivity contribution in [1.29, 1.82) is 0 Å². The highest BCUT2D eigenvalue weighted by atomic mass is 16.5. The summed E-state index contributed by atoms with van der Waals surface area (Å²) in [4.78, 5) is 0. The zero-order valence-corrected chi connectivity index (χ0v) is 15.3. The van der Waals surface area contributed by atoms with E-state index < -0.39 is 5.41 Å². The van der Waals surface area contributed by atoms with Gasteiger partial charge in [0.15, 0.2) is 0 Å². The summed E-state index contributed by atoms with van der Waals surface area (Å²) in [5, 5.41) is 0. The molecule has 0 saturated heterocycles. The van der Waals surface area contributed by atoms with Crippen LogP contribution in [-0.2, 0) is 5.41 Å². The van der Waals surface area contributed by atoms with E-state index in [0.717, 1.165) is 17.1 Å². The quantitative estimate of drug-likeness (QED) is 0.520. The molecule has 0 N–H and O–H groups in total. The predicted octanol–water partition coefficient (Wildman–Crippen LogP) is 6.41. The summed E-state index contributed by atoms with van der Waals surface area (Å²) < 4.78 is 6.31. The first-order chi connectivity index (χ1) is 13.3. The van der Waals surface area contributed by atoms with Crippen LogP contribution in [0, 0.1) is 0 Å². The van der Waals surface area contributed by atoms with Crippen molar-refractivity contribution in [3.63, 3.8) is 0 Å². The SMILES string of the molecule is C=CC1=C(/C=C\C)Oc2ccccc2C12c1ccccc1-c1ccccc12. The Morgan fingerprint density at radius 3 is 1.93 bits per heavy atom. The topological polar surface area (TPSA) is 9.23 Å². The van der Waals surface area contributed by atoms with Crippen LogP contribution < -0.4 is 4.74 Å². The van der Waals surface area contributed by atoms with E-state index >= 15 is 0 Å². The summed E-state index contributed by atoms with van der Waals surface area (Å²) >= 11 is 0. The van der Waals surface area contributed by atoms with E-state index in [1.54, 1.807) is 0 Å².